The van der Waals surface area contributed by atoms with E-state index < -0.39 is 48.2 Å². The summed E-state index contributed by atoms with van der Waals surface area (Å²) in [6.07, 6.45) is -4.18. The maximum absolute atomic E-state index is 13.4. The van der Waals surface area contributed by atoms with E-state index in [2.05, 4.69) is 0 Å². The van der Waals surface area contributed by atoms with Crippen molar-refractivity contribution in [2.45, 2.75) is 45.5 Å². The highest BCUT2D eigenvalue weighted by Gasteiger charge is 2.52. The second kappa shape index (κ2) is 9.74. The fourth-order valence-electron chi connectivity index (χ4n) is 3.49. The fourth-order valence-corrected chi connectivity index (χ4v) is 3.49. The molecule has 4 atom stereocenters. The van der Waals surface area contributed by atoms with Crippen molar-refractivity contribution in [2.24, 2.45) is 0 Å². The zero-order valence-corrected chi connectivity index (χ0v) is 18.3. The fraction of sp³-hybridized carbons (Fsp3) is 0.364. The van der Waals surface area contributed by atoms with Crippen molar-refractivity contribution in [3.05, 3.63) is 46.9 Å². The third kappa shape index (κ3) is 5.14. The van der Waals surface area contributed by atoms with Gasteiger partial charge in [-0.2, -0.15) is 0 Å². The highest BCUT2D eigenvalue weighted by atomic mass is 16.8. The second-order valence-corrected chi connectivity index (χ2v) is 7.17. The Morgan fingerprint density at radius 2 is 1.48 bits per heavy atom. The molecule has 0 amide bonds. The highest BCUT2D eigenvalue weighted by Crippen LogP contribution is 2.35. The van der Waals surface area contributed by atoms with Crippen molar-refractivity contribution in [2.75, 3.05) is 7.11 Å². The van der Waals surface area contributed by atoms with Crippen molar-refractivity contribution < 1.29 is 43.2 Å². The quantitative estimate of drug-likeness (QED) is 0.497. The van der Waals surface area contributed by atoms with Crippen LogP contribution in [-0.4, -0.2) is 53.2 Å². The van der Waals surface area contributed by atoms with Gasteiger partial charge in [0.25, 0.3) is 5.56 Å². The van der Waals surface area contributed by atoms with Crippen LogP contribution in [0.4, 0.5) is 0 Å². The second-order valence-electron chi connectivity index (χ2n) is 7.17. The Hall–Kier alpha value is -3.86. The molecule has 2 heterocycles. The summed E-state index contributed by atoms with van der Waals surface area (Å²) in [6.45, 7) is 3.37. The number of benzene rings is 1. The number of ether oxygens (including phenoxy) is 5. The molecular formula is C22H23NO10. The van der Waals surface area contributed by atoms with Gasteiger partial charge in [-0.1, -0.05) is 12.1 Å². The van der Waals surface area contributed by atoms with Gasteiger partial charge in [-0.3, -0.25) is 23.7 Å². The molecule has 1 aromatic carbocycles. The number of carbonyl (C=O) groups is 3. The lowest BCUT2D eigenvalue weighted by Gasteiger charge is -2.24. The van der Waals surface area contributed by atoms with Crippen LogP contribution in [-0.2, 0) is 33.3 Å². The van der Waals surface area contributed by atoms with Gasteiger partial charge in [0, 0.05) is 27.0 Å². The summed E-state index contributed by atoms with van der Waals surface area (Å²) in [7, 11) is 1.49. The predicted molar refractivity (Wildman–Crippen MR) is 111 cm³/mol. The van der Waals surface area contributed by atoms with Crippen molar-refractivity contribution in [1.29, 1.82) is 0 Å². The molecule has 1 fully saturated rings. The minimum absolute atomic E-state index is 0.0506. The first-order valence-corrected chi connectivity index (χ1v) is 9.88. The largest absolute Gasteiger partial charge is 0.507 e. The van der Waals surface area contributed by atoms with Crippen LogP contribution in [0.3, 0.4) is 0 Å². The Kier molecular flexibility index (Phi) is 7.02. The Morgan fingerprint density at radius 1 is 0.909 bits per heavy atom. The van der Waals surface area contributed by atoms with Gasteiger partial charge in [0.15, 0.2) is 12.3 Å². The third-order valence-electron chi connectivity index (χ3n) is 4.78. The molecule has 0 bridgehead atoms. The van der Waals surface area contributed by atoms with Crippen molar-refractivity contribution in [1.82, 2.24) is 4.57 Å². The summed E-state index contributed by atoms with van der Waals surface area (Å²) in [5.41, 5.74) is -0.347. The normalized spacial score (nSPS) is 21.8. The molecule has 4 unspecified atom stereocenters. The number of carbonyl (C=O) groups excluding carboxylic acids is 3. The van der Waals surface area contributed by atoms with Crippen LogP contribution in [0.15, 0.2) is 41.3 Å². The third-order valence-corrected chi connectivity index (χ3v) is 4.78. The summed E-state index contributed by atoms with van der Waals surface area (Å²) in [4.78, 5) is 48.3. The van der Waals surface area contributed by atoms with Crippen molar-refractivity contribution in [3.63, 3.8) is 0 Å². The first-order valence-electron chi connectivity index (χ1n) is 9.88. The Morgan fingerprint density at radius 3 is 2.03 bits per heavy atom. The van der Waals surface area contributed by atoms with Crippen LogP contribution < -0.4 is 10.3 Å². The van der Waals surface area contributed by atoms with Gasteiger partial charge in [-0.05, 0) is 23.8 Å². The number of aromatic nitrogens is 1. The van der Waals surface area contributed by atoms with Gasteiger partial charge in [-0.25, -0.2) is 0 Å². The van der Waals surface area contributed by atoms with E-state index in [0.717, 1.165) is 25.3 Å². The lowest BCUT2D eigenvalue weighted by molar-refractivity contribution is -0.198. The summed E-state index contributed by atoms with van der Waals surface area (Å²) in [6, 6.07) is 7.67. The van der Waals surface area contributed by atoms with Crippen LogP contribution in [0.2, 0.25) is 0 Å². The molecule has 1 N–H and O–H groups in total. The molecule has 11 heteroatoms. The number of aromatic hydroxyl groups is 1. The minimum Gasteiger partial charge on any atom is -0.507 e. The van der Waals surface area contributed by atoms with Crippen LogP contribution in [0.5, 0.6) is 11.5 Å². The average Bonchev–Trinajstić information content (AvgIpc) is 3.03. The van der Waals surface area contributed by atoms with Gasteiger partial charge in [-0.15, -0.1) is 0 Å². The summed E-state index contributed by atoms with van der Waals surface area (Å²) in [5, 5.41) is 10.4. The molecule has 0 saturated carbocycles. The Labute approximate surface area is 188 Å². The van der Waals surface area contributed by atoms with E-state index in [0.29, 0.717) is 11.3 Å². The predicted octanol–water partition coefficient (Wildman–Crippen LogP) is 1.51. The molecule has 1 aliphatic rings. The SMILES string of the molecule is COc1ccc(-c2c(O)ccn(C3OC(OC(C)=O)C(OC(C)=O)C3OC(C)=O)c2=O)cc1. The van der Waals surface area contributed by atoms with E-state index in [1.54, 1.807) is 24.3 Å². The Bertz CT molecular complexity index is 1110. The average molecular weight is 461 g/mol. The zero-order valence-electron chi connectivity index (χ0n) is 18.3. The number of esters is 3. The first-order chi connectivity index (χ1) is 15.6. The molecule has 0 spiro atoms. The van der Waals surface area contributed by atoms with Gasteiger partial charge in [0.2, 0.25) is 12.4 Å². The van der Waals surface area contributed by atoms with E-state index in [4.69, 9.17) is 23.7 Å². The lowest BCUT2D eigenvalue weighted by atomic mass is 10.1. The highest BCUT2D eigenvalue weighted by molar-refractivity contribution is 5.70. The maximum Gasteiger partial charge on any atom is 0.305 e. The molecule has 3 rings (SSSR count). The minimum atomic E-state index is -1.44. The number of rotatable bonds is 6. The van der Waals surface area contributed by atoms with Gasteiger partial charge >= 0.3 is 17.9 Å². The molecule has 0 aliphatic carbocycles. The van der Waals surface area contributed by atoms with Gasteiger partial charge in [0.05, 0.1) is 12.7 Å². The summed E-state index contributed by atoms with van der Waals surface area (Å²) < 4.78 is 27.4. The molecule has 1 aliphatic heterocycles. The van der Waals surface area contributed by atoms with E-state index in [-0.39, 0.29) is 11.3 Å². The van der Waals surface area contributed by atoms with Gasteiger partial charge in [0.1, 0.15) is 11.5 Å². The van der Waals surface area contributed by atoms with Crippen LogP contribution in [0.1, 0.15) is 27.0 Å². The standard InChI is InChI=1S/C22H23NO10/c1-11(24)30-18-19(31-12(2)25)22(32-13(3)26)33-21(18)23-10-9-16(27)17(20(23)28)14-5-7-15(29-4)8-6-14/h5-10,18-19,21-22,27H,1-4H3. The first kappa shape index (κ1) is 23.8. The molecule has 1 aromatic heterocycles. The molecule has 0 radical (unpaired) electrons. The molecule has 33 heavy (non-hydrogen) atoms. The Balaban J connectivity index is 2.10. The van der Waals surface area contributed by atoms with Gasteiger partial charge < -0.3 is 28.8 Å². The number of pyridine rings is 1. The topological polar surface area (TPSA) is 140 Å². The van der Waals surface area contributed by atoms with Crippen LogP contribution in [0.25, 0.3) is 11.1 Å². The molecular weight excluding hydrogens is 438 g/mol. The van der Waals surface area contributed by atoms with Crippen molar-refractivity contribution >= 4 is 17.9 Å². The molecule has 176 valence electrons. The summed E-state index contributed by atoms with van der Waals surface area (Å²) >= 11 is 0. The number of nitrogens with zero attached hydrogens (tertiary/aromatic N) is 1. The van der Waals surface area contributed by atoms with E-state index >= 15 is 0 Å². The number of hydrogen-bond acceptors (Lipinski definition) is 10. The monoisotopic (exact) mass is 461 g/mol. The lowest BCUT2D eigenvalue weighted by Crippen LogP contribution is -2.41. The maximum atomic E-state index is 13.4. The van der Waals surface area contributed by atoms with Crippen LogP contribution >= 0.6 is 0 Å². The van der Waals surface area contributed by atoms with Crippen molar-refractivity contribution in [3.8, 4) is 22.6 Å². The van der Waals surface area contributed by atoms with Crippen LogP contribution in [0, 0.1) is 0 Å². The molecule has 1 saturated heterocycles. The number of hydrogen-bond donors (Lipinski definition) is 1. The zero-order chi connectivity index (χ0) is 24.3. The van der Waals surface area contributed by atoms with E-state index in [1.807, 2.05) is 0 Å². The van der Waals surface area contributed by atoms with E-state index in [9.17, 15) is 24.3 Å². The smallest absolute Gasteiger partial charge is 0.305 e. The number of methoxy groups -OCH3 is 1. The summed E-state index contributed by atoms with van der Waals surface area (Å²) in [5.74, 6) is -1.96. The molecule has 11 nitrogen and oxygen atoms in total. The molecule has 2 aromatic rings. The van der Waals surface area contributed by atoms with E-state index in [1.165, 1.54) is 19.4 Å².